The lowest BCUT2D eigenvalue weighted by atomic mass is 10.0. The summed E-state index contributed by atoms with van der Waals surface area (Å²) in [6.45, 7) is 4.57. The van der Waals surface area contributed by atoms with Gasteiger partial charge in [0.15, 0.2) is 0 Å². The molecule has 17 heavy (non-hydrogen) atoms. The van der Waals surface area contributed by atoms with E-state index in [0.29, 0.717) is 11.3 Å². The number of hydrogen-bond donors (Lipinski definition) is 2. The lowest BCUT2D eigenvalue weighted by Crippen LogP contribution is -2.32. The number of aryl methyl sites for hydroxylation is 1. The van der Waals surface area contributed by atoms with Crippen LogP contribution in [0.15, 0.2) is 18.2 Å². The molecule has 0 unspecified atom stereocenters. The molecule has 0 saturated carbocycles. The van der Waals surface area contributed by atoms with Gasteiger partial charge in [-0.25, -0.2) is 4.39 Å². The van der Waals surface area contributed by atoms with Crippen LogP contribution in [0, 0.1) is 18.7 Å². The Morgan fingerprint density at radius 3 is 2.88 bits per heavy atom. The quantitative estimate of drug-likeness (QED) is 0.825. The van der Waals surface area contributed by atoms with Crippen molar-refractivity contribution in [3.63, 3.8) is 0 Å². The zero-order chi connectivity index (χ0) is 12.4. The molecule has 2 atom stereocenters. The van der Waals surface area contributed by atoms with Crippen LogP contribution in [0.25, 0.3) is 0 Å². The van der Waals surface area contributed by atoms with E-state index in [0.717, 1.165) is 13.0 Å². The van der Waals surface area contributed by atoms with Crippen LogP contribution in [0.4, 0.5) is 10.1 Å². The first kappa shape index (κ1) is 12.0. The molecule has 0 aliphatic carbocycles. The van der Waals surface area contributed by atoms with E-state index >= 15 is 0 Å². The van der Waals surface area contributed by atoms with Crippen molar-refractivity contribution in [1.82, 2.24) is 5.32 Å². The molecule has 2 rings (SSSR count). The average Bonchev–Trinajstić information content (AvgIpc) is 2.70. The first-order valence-electron chi connectivity index (χ1n) is 5.88. The van der Waals surface area contributed by atoms with E-state index in [2.05, 4.69) is 10.6 Å². The predicted octanol–water partition coefficient (Wildman–Crippen LogP) is 2.07. The molecule has 1 fully saturated rings. The minimum atomic E-state index is -0.251. The summed E-state index contributed by atoms with van der Waals surface area (Å²) >= 11 is 0. The molecule has 0 aromatic heterocycles. The van der Waals surface area contributed by atoms with Gasteiger partial charge in [0.1, 0.15) is 5.82 Å². The molecule has 2 N–H and O–H groups in total. The van der Waals surface area contributed by atoms with Gasteiger partial charge in [-0.3, -0.25) is 4.79 Å². The number of hydrogen-bond acceptors (Lipinski definition) is 2. The van der Waals surface area contributed by atoms with Gasteiger partial charge in [0.2, 0.25) is 5.91 Å². The maximum Gasteiger partial charge on any atom is 0.229 e. The minimum absolute atomic E-state index is 0.000333. The fourth-order valence-electron chi connectivity index (χ4n) is 2.17. The molecule has 92 valence electrons. The van der Waals surface area contributed by atoms with E-state index in [4.69, 9.17) is 0 Å². The molecule has 1 heterocycles. The SMILES string of the molecule is Cc1cc(NC(=O)[C@H]2CCN[C@H]2C)ccc1F. The Balaban J connectivity index is 2.05. The molecule has 1 amide bonds. The van der Waals surface area contributed by atoms with Crippen LogP contribution in [0.3, 0.4) is 0 Å². The second-order valence-corrected chi connectivity index (χ2v) is 4.59. The van der Waals surface area contributed by atoms with Gasteiger partial charge in [-0.2, -0.15) is 0 Å². The third-order valence-corrected chi connectivity index (χ3v) is 3.29. The molecule has 0 spiro atoms. The fourth-order valence-corrected chi connectivity index (χ4v) is 2.17. The number of halogens is 1. The largest absolute Gasteiger partial charge is 0.326 e. The van der Waals surface area contributed by atoms with E-state index in [-0.39, 0.29) is 23.7 Å². The molecule has 1 aliphatic heterocycles. The number of rotatable bonds is 2. The number of amides is 1. The second-order valence-electron chi connectivity index (χ2n) is 4.59. The third-order valence-electron chi connectivity index (χ3n) is 3.29. The van der Waals surface area contributed by atoms with Crippen LogP contribution < -0.4 is 10.6 Å². The third kappa shape index (κ3) is 2.64. The monoisotopic (exact) mass is 236 g/mol. The van der Waals surface area contributed by atoms with Gasteiger partial charge in [-0.05, 0) is 50.6 Å². The summed E-state index contributed by atoms with van der Waals surface area (Å²) in [5.41, 5.74) is 1.20. The fraction of sp³-hybridized carbons (Fsp3) is 0.462. The van der Waals surface area contributed by atoms with Gasteiger partial charge < -0.3 is 10.6 Å². The Morgan fingerprint density at radius 1 is 1.53 bits per heavy atom. The number of carbonyl (C=O) groups excluding carboxylic acids is 1. The highest BCUT2D eigenvalue weighted by Gasteiger charge is 2.29. The highest BCUT2D eigenvalue weighted by atomic mass is 19.1. The topological polar surface area (TPSA) is 41.1 Å². The highest BCUT2D eigenvalue weighted by molar-refractivity contribution is 5.93. The van der Waals surface area contributed by atoms with Crippen LogP contribution in [0.5, 0.6) is 0 Å². The maximum absolute atomic E-state index is 13.1. The Labute approximate surface area is 100 Å². The maximum atomic E-state index is 13.1. The van der Waals surface area contributed by atoms with Crippen LogP contribution in [0.1, 0.15) is 18.9 Å². The van der Waals surface area contributed by atoms with Crippen molar-refractivity contribution < 1.29 is 9.18 Å². The lowest BCUT2D eigenvalue weighted by Gasteiger charge is -2.15. The molecule has 0 bridgehead atoms. The van der Waals surface area contributed by atoms with Gasteiger partial charge in [0, 0.05) is 11.7 Å². The van der Waals surface area contributed by atoms with Crippen LogP contribution in [-0.2, 0) is 4.79 Å². The van der Waals surface area contributed by atoms with E-state index in [1.807, 2.05) is 6.92 Å². The van der Waals surface area contributed by atoms with E-state index < -0.39 is 0 Å². The lowest BCUT2D eigenvalue weighted by molar-refractivity contribution is -0.119. The molecular formula is C13H17FN2O. The summed E-state index contributed by atoms with van der Waals surface area (Å²) in [5.74, 6) is -0.243. The first-order chi connectivity index (χ1) is 8.08. The van der Waals surface area contributed by atoms with Crippen molar-refractivity contribution in [3.8, 4) is 0 Å². The first-order valence-corrected chi connectivity index (χ1v) is 5.88. The van der Waals surface area contributed by atoms with Crippen LogP contribution in [0.2, 0.25) is 0 Å². The zero-order valence-electron chi connectivity index (χ0n) is 10.1. The van der Waals surface area contributed by atoms with Crippen molar-refractivity contribution in [2.75, 3.05) is 11.9 Å². The summed E-state index contributed by atoms with van der Waals surface area (Å²) in [7, 11) is 0. The normalized spacial score (nSPS) is 23.7. The second kappa shape index (κ2) is 4.84. The number of benzene rings is 1. The summed E-state index contributed by atoms with van der Waals surface area (Å²) in [6, 6.07) is 4.83. The van der Waals surface area contributed by atoms with Crippen LogP contribution >= 0.6 is 0 Å². The number of nitrogens with one attached hydrogen (secondary N) is 2. The van der Waals surface area contributed by atoms with Gasteiger partial charge in [0.25, 0.3) is 0 Å². The molecular weight excluding hydrogens is 219 g/mol. The smallest absolute Gasteiger partial charge is 0.229 e. The van der Waals surface area contributed by atoms with E-state index in [9.17, 15) is 9.18 Å². The van der Waals surface area contributed by atoms with Crippen molar-refractivity contribution in [2.45, 2.75) is 26.3 Å². The van der Waals surface area contributed by atoms with Gasteiger partial charge in [-0.1, -0.05) is 0 Å². The minimum Gasteiger partial charge on any atom is -0.326 e. The van der Waals surface area contributed by atoms with Gasteiger partial charge >= 0.3 is 0 Å². The van der Waals surface area contributed by atoms with Crippen molar-refractivity contribution in [3.05, 3.63) is 29.6 Å². The Morgan fingerprint density at radius 2 is 2.29 bits per heavy atom. The summed E-state index contributed by atoms with van der Waals surface area (Å²) < 4.78 is 13.1. The number of carbonyl (C=O) groups is 1. The molecule has 0 radical (unpaired) electrons. The predicted molar refractivity (Wildman–Crippen MR) is 65.3 cm³/mol. The standard InChI is InChI=1S/C13H17FN2O/c1-8-7-10(3-4-12(8)14)16-13(17)11-5-6-15-9(11)2/h3-4,7,9,11,15H,5-6H2,1-2H3,(H,16,17)/t9-,11-/m0/s1. The molecule has 1 aromatic rings. The molecule has 3 nitrogen and oxygen atoms in total. The number of anilines is 1. The Hall–Kier alpha value is -1.42. The average molecular weight is 236 g/mol. The van der Waals surface area contributed by atoms with Gasteiger partial charge in [0.05, 0.1) is 5.92 Å². The van der Waals surface area contributed by atoms with Crippen molar-refractivity contribution in [1.29, 1.82) is 0 Å². The molecule has 4 heteroatoms. The Bertz CT molecular complexity index is 433. The van der Waals surface area contributed by atoms with Gasteiger partial charge in [-0.15, -0.1) is 0 Å². The summed E-state index contributed by atoms with van der Waals surface area (Å²) in [5, 5.41) is 6.07. The molecule has 1 aromatic carbocycles. The van der Waals surface area contributed by atoms with Crippen LogP contribution in [-0.4, -0.2) is 18.5 Å². The van der Waals surface area contributed by atoms with E-state index in [1.54, 1.807) is 19.1 Å². The van der Waals surface area contributed by atoms with Crippen molar-refractivity contribution >= 4 is 11.6 Å². The Kier molecular flexibility index (Phi) is 3.43. The molecule has 1 aliphatic rings. The molecule has 1 saturated heterocycles. The summed E-state index contributed by atoms with van der Waals surface area (Å²) in [4.78, 5) is 12.0. The summed E-state index contributed by atoms with van der Waals surface area (Å²) in [6.07, 6.45) is 0.854. The van der Waals surface area contributed by atoms with E-state index in [1.165, 1.54) is 6.07 Å². The van der Waals surface area contributed by atoms with Crippen molar-refractivity contribution in [2.24, 2.45) is 5.92 Å². The zero-order valence-corrected chi connectivity index (χ0v) is 10.1. The highest BCUT2D eigenvalue weighted by Crippen LogP contribution is 2.19.